The van der Waals surface area contributed by atoms with E-state index in [1.807, 2.05) is 4.90 Å². The van der Waals surface area contributed by atoms with Crippen LogP contribution >= 0.6 is 0 Å². The number of amides is 1. The summed E-state index contributed by atoms with van der Waals surface area (Å²) < 4.78 is 50.7. The van der Waals surface area contributed by atoms with E-state index in [9.17, 15) is 22.4 Å². The third kappa shape index (κ3) is 8.13. The van der Waals surface area contributed by atoms with Crippen molar-refractivity contribution in [3.63, 3.8) is 0 Å². The molecule has 7 nitrogen and oxygen atoms in total. The van der Waals surface area contributed by atoms with Crippen molar-refractivity contribution in [2.24, 2.45) is 0 Å². The van der Waals surface area contributed by atoms with Gasteiger partial charge >= 0.3 is 6.18 Å². The smallest absolute Gasteiger partial charge is 0.340 e. The number of aromatic nitrogens is 2. The summed E-state index contributed by atoms with van der Waals surface area (Å²) in [6.45, 7) is 3.47. The molecule has 0 spiro atoms. The van der Waals surface area contributed by atoms with Crippen molar-refractivity contribution in [2.75, 3.05) is 37.3 Å². The molecular weight excluding hydrogens is 512 g/mol. The first-order valence-electron chi connectivity index (χ1n) is 12.9. The zero-order chi connectivity index (χ0) is 28.0. The van der Waals surface area contributed by atoms with Gasteiger partial charge in [-0.3, -0.25) is 4.79 Å². The first-order valence-corrected chi connectivity index (χ1v) is 12.9. The fourth-order valence-corrected chi connectivity index (χ4v) is 4.59. The average Bonchev–Trinajstić information content (AvgIpc) is 2.90. The van der Waals surface area contributed by atoms with E-state index in [0.29, 0.717) is 53.9 Å². The third-order valence-electron chi connectivity index (χ3n) is 6.83. The molecule has 0 radical (unpaired) electrons. The number of hydrogen-bond acceptors (Lipinski definition) is 6. The van der Waals surface area contributed by atoms with Gasteiger partial charge in [0.25, 0.3) is 5.91 Å². The number of benzene rings is 2. The van der Waals surface area contributed by atoms with Gasteiger partial charge in [0.05, 0.1) is 0 Å². The maximum absolute atomic E-state index is 13.5. The molecule has 0 atom stereocenters. The van der Waals surface area contributed by atoms with Gasteiger partial charge in [0, 0.05) is 55.7 Å². The number of piperidine rings is 1. The minimum absolute atomic E-state index is 0.0442. The maximum atomic E-state index is 13.5. The van der Waals surface area contributed by atoms with Gasteiger partial charge in [-0.15, -0.1) is 0 Å². The van der Waals surface area contributed by atoms with Crippen molar-refractivity contribution in [2.45, 2.75) is 44.8 Å². The van der Waals surface area contributed by atoms with Crippen molar-refractivity contribution in [3.05, 3.63) is 71.7 Å². The molecule has 1 aliphatic heterocycles. The van der Waals surface area contributed by atoms with Gasteiger partial charge in [-0.2, -0.15) is 18.2 Å². The number of carbonyl (C=O) groups is 1. The lowest BCUT2D eigenvalue weighted by Crippen LogP contribution is -2.45. The number of carbonyl (C=O) groups excluding carboxylic acids is 1. The predicted molar refractivity (Wildman–Crippen MR) is 143 cm³/mol. The first-order chi connectivity index (χ1) is 18.6. The van der Waals surface area contributed by atoms with Gasteiger partial charge in [-0.1, -0.05) is 0 Å². The maximum Gasteiger partial charge on any atom is 0.389 e. The number of nitrogens with one attached hydrogen (secondary N) is 2. The van der Waals surface area contributed by atoms with Crippen molar-refractivity contribution in [1.29, 1.82) is 0 Å². The van der Waals surface area contributed by atoms with Crippen molar-refractivity contribution >= 4 is 29.0 Å². The summed E-state index contributed by atoms with van der Waals surface area (Å²) in [5.41, 5.74) is 2.48. The van der Waals surface area contributed by atoms with Gasteiger partial charge in [-0.25, -0.2) is 9.37 Å². The molecule has 1 amide bonds. The Balaban J connectivity index is 1.28. The van der Waals surface area contributed by atoms with Crippen LogP contribution in [0.1, 0.15) is 41.6 Å². The van der Waals surface area contributed by atoms with Crippen molar-refractivity contribution in [1.82, 2.24) is 19.8 Å². The quantitative estimate of drug-likeness (QED) is 0.309. The number of halogens is 4. The van der Waals surface area contributed by atoms with Crippen LogP contribution in [0.4, 0.5) is 40.7 Å². The third-order valence-corrected chi connectivity index (χ3v) is 6.83. The monoisotopic (exact) mass is 544 g/mol. The number of anilines is 4. The molecule has 39 heavy (non-hydrogen) atoms. The minimum atomic E-state index is -4.12. The second-order valence-electron chi connectivity index (χ2n) is 9.76. The number of hydrogen-bond donors (Lipinski definition) is 2. The molecule has 2 N–H and O–H groups in total. The van der Waals surface area contributed by atoms with Crippen LogP contribution in [0.3, 0.4) is 0 Å². The van der Waals surface area contributed by atoms with E-state index in [1.165, 1.54) is 6.07 Å². The van der Waals surface area contributed by atoms with Crippen LogP contribution in [-0.4, -0.2) is 64.6 Å². The van der Waals surface area contributed by atoms with Crippen LogP contribution < -0.4 is 10.6 Å². The molecular formula is C28H32F4N6O. The van der Waals surface area contributed by atoms with Gasteiger partial charge < -0.3 is 20.4 Å². The normalized spacial score (nSPS) is 14.7. The molecule has 1 saturated heterocycles. The fraction of sp³-hybridized carbons (Fsp3) is 0.393. The second-order valence-corrected chi connectivity index (χ2v) is 9.76. The van der Waals surface area contributed by atoms with E-state index in [-0.39, 0.29) is 24.2 Å². The van der Waals surface area contributed by atoms with Crippen LogP contribution in [0.5, 0.6) is 0 Å². The number of likely N-dealkylation sites (tertiary alicyclic amines) is 1. The average molecular weight is 545 g/mol. The van der Waals surface area contributed by atoms with E-state index in [2.05, 4.69) is 20.6 Å². The Kier molecular flexibility index (Phi) is 9.01. The SMILES string of the molecule is Cc1cc(Nc2ccnc(Nc3ccc(C(=O)N(C)C4CCN(CCCC(F)(F)F)CC4)cc3)n2)ccc1F. The predicted octanol–water partition coefficient (Wildman–Crippen LogP) is 6.29. The van der Waals surface area contributed by atoms with Crippen LogP contribution in [0.25, 0.3) is 0 Å². The Morgan fingerprint density at radius 2 is 1.74 bits per heavy atom. The number of rotatable bonds is 9. The standard InChI is InChI=1S/C28H32F4N6O/c1-19-18-22(8-9-24(19)29)34-25-10-14-33-27(36-25)35-21-6-4-20(5-7-21)26(39)37(2)23-11-16-38(17-12-23)15-3-13-28(30,31)32/h4-10,14,18,23H,3,11-13,15-17H2,1-2H3,(H2,33,34,35,36). The van der Waals surface area contributed by atoms with Gasteiger partial charge in [0.2, 0.25) is 5.95 Å². The Labute approximate surface area is 225 Å². The van der Waals surface area contributed by atoms with E-state index < -0.39 is 12.6 Å². The molecule has 4 rings (SSSR count). The summed E-state index contributed by atoms with van der Waals surface area (Å²) in [5.74, 6) is 0.520. The van der Waals surface area contributed by atoms with E-state index in [1.54, 1.807) is 67.5 Å². The van der Waals surface area contributed by atoms with Crippen LogP contribution in [0.2, 0.25) is 0 Å². The largest absolute Gasteiger partial charge is 0.389 e. The summed E-state index contributed by atoms with van der Waals surface area (Å²) in [7, 11) is 1.77. The summed E-state index contributed by atoms with van der Waals surface area (Å²) in [6, 6.07) is 13.5. The first kappa shape index (κ1) is 28.3. The number of aryl methyl sites for hydroxylation is 1. The Hall–Kier alpha value is -3.73. The molecule has 11 heteroatoms. The molecule has 0 aliphatic carbocycles. The molecule has 0 saturated carbocycles. The highest BCUT2D eigenvalue weighted by atomic mass is 19.4. The summed E-state index contributed by atoms with van der Waals surface area (Å²) in [6.07, 6.45) is -1.72. The Bertz CT molecular complexity index is 1260. The van der Waals surface area contributed by atoms with Gasteiger partial charge in [-0.05, 0) is 86.8 Å². The Morgan fingerprint density at radius 1 is 1.05 bits per heavy atom. The lowest BCUT2D eigenvalue weighted by Gasteiger charge is -2.36. The molecule has 208 valence electrons. The zero-order valence-electron chi connectivity index (χ0n) is 21.9. The topological polar surface area (TPSA) is 73.4 Å². The summed E-state index contributed by atoms with van der Waals surface area (Å²) >= 11 is 0. The van der Waals surface area contributed by atoms with Crippen molar-refractivity contribution < 1.29 is 22.4 Å². The molecule has 2 heterocycles. The lowest BCUT2D eigenvalue weighted by atomic mass is 10.0. The van der Waals surface area contributed by atoms with Crippen LogP contribution in [0, 0.1) is 12.7 Å². The number of nitrogens with zero attached hydrogens (tertiary/aromatic N) is 4. The summed E-state index contributed by atoms with van der Waals surface area (Å²) in [5, 5.41) is 6.25. The van der Waals surface area contributed by atoms with E-state index >= 15 is 0 Å². The molecule has 3 aromatic rings. The minimum Gasteiger partial charge on any atom is -0.340 e. The lowest BCUT2D eigenvalue weighted by molar-refractivity contribution is -0.136. The molecule has 1 fully saturated rings. The van der Waals surface area contributed by atoms with Crippen LogP contribution in [-0.2, 0) is 0 Å². The highest BCUT2D eigenvalue weighted by Gasteiger charge is 2.29. The number of alkyl halides is 3. The Morgan fingerprint density at radius 3 is 2.41 bits per heavy atom. The molecule has 2 aromatic carbocycles. The van der Waals surface area contributed by atoms with E-state index in [4.69, 9.17) is 0 Å². The van der Waals surface area contributed by atoms with E-state index in [0.717, 1.165) is 12.8 Å². The molecule has 1 aliphatic rings. The second kappa shape index (κ2) is 12.4. The molecule has 0 unspecified atom stereocenters. The summed E-state index contributed by atoms with van der Waals surface area (Å²) in [4.78, 5) is 25.5. The van der Waals surface area contributed by atoms with Crippen molar-refractivity contribution in [3.8, 4) is 0 Å². The van der Waals surface area contributed by atoms with Gasteiger partial charge in [0.1, 0.15) is 11.6 Å². The van der Waals surface area contributed by atoms with Gasteiger partial charge in [0.15, 0.2) is 0 Å². The zero-order valence-corrected chi connectivity index (χ0v) is 21.9. The molecule has 1 aromatic heterocycles. The molecule has 0 bridgehead atoms. The highest BCUT2D eigenvalue weighted by molar-refractivity contribution is 5.94. The fourth-order valence-electron chi connectivity index (χ4n) is 4.59. The van der Waals surface area contributed by atoms with Crippen LogP contribution in [0.15, 0.2) is 54.7 Å². The highest BCUT2D eigenvalue weighted by Crippen LogP contribution is 2.24.